The van der Waals surface area contributed by atoms with Gasteiger partial charge in [0.05, 0.1) is 22.1 Å². The Labute approximate surface area is 362 Å². The van der Waals surface area contributed by atoms with Gasteiger partial charge in [0.2, 0.25) is 0 Å². The molecule has 0 fully saturated rings. The Morgan fingerprint density at radius 2 is 0.810 bits per heavy atom. The second-order valence-corrected chi connectivity index (χ2v) is 16.1. The quantitative estimate of drug-likeness (QED) is 0.168. The van der Waals surface area contributed by atoms with E-state index in [1.54, 1.807) is 0 Å². The van der Waals surface area contributed by atoms with Crippen LogP contribution in [0.1, 0.15) is 0 Å². The Bertz CT molecular complexity index is 3900. The van der Waals surface area contributed by atoms with Gasteiger partial charge in [-0.3, -0.25) is 0 Å². The molecule has 0 amide bonds. The highest BCUT2D eigenvalue weighted by atomic mass is 16.3. The van der Waals surface area contributed by atoms with Crippen LogP contribution < -0.4 is 0 Å². The van der Waals surface area contributed by atoms with Crippen LogP contribution >= 0.6 is 0 Å². The molecule has 0 saturated heterocycles. The van der Waals surface area contributed by atoms with E-state index in [0.717, 1.165) is 83.4 Å². The molecule has 0 unspecified atom stereocenters. The lowest BCUT2D eigenvalue weighted by Gasteiger charge is -2.09. The van der Waals surface area contributed by atoms with Crippen LogP contribution in [0.25, 0.3) is 122 Å². The van der Waals surface area contributed by atoms with E-state index >= 15 is 0 Å². The largest absolute Gasteiger partial charge is 0.451 e. The standard InChI is InChI=1S/C58H36N4O/c1-4-16-37(17-5-1)54-57-55(60-58(59-54)41-31-33-53-49(36-41)46-25-11-13-29-51(46)62(53)43-22-8-3-9-23-43)47-27-15-26-44(56(47)63-57)40-19-14-18-38(34-40)39-30-32-52-48(35-39)45-24-10-12-28-50(45)61(52)42-20-6-2-7-21-42/h1-36H. The molecule has 0 aliphatic carbocycles. The number of para-hydroxylation sites is 5. The molecule has 0 atom stereocenters. The maximum absolute atomic E-state index is 6.96. The minimum atomic E-state index is 0.652. The molecular formula is C58H36N4O. The van der Waals surface area contributed by atoms with Crippen molar-refractivity contribution in [3.63, 3.8) is 0 Å². The molecular weight excluding hydrogens is 769 g/mol. The molecule has 13 aromatic rings. The van der Waals surface area contributed by atoms with Crippen molar-refractivity contribution in [1.82, 2.24) is 19.1 Å². The Hall–Kier alpha value is -8.54. The number of fused-ring (bicyclic) bond motifs is 9. The lowest BCUT2D eigenvalue weighted by atomic mass is 9.97. The van der Waals surface area contributed by atoms with Gasteiger partial charge in [0, 0.05) is 55.0 Å². The Morgan fingerprint density at radius 3 is 1.48 bits per heavy atom. The van der Waals surface area contributed by atoms with Gasteiger partial charge < -0.3 is 13.6 Å². The molecule has 4 aromatic heterocycles. The molecule has 0 saturated carbocycles. The highest BCUT2D eigenvalue weighted by Gasteiger charge is 2.22. The zero-order valence-corrected chi connectivity index (χ0v) is 34.0. The first-order valence-electron chi connectivity index (χ1n) is 21.3. The van der Waals surface area contributed by atoms with E-state index in [1.165, 1.54) is 27.2 Å². The molecule has 5 heteroatoms. The van der Waals surface area contributed by atoms with Gasteiger partial charge in [-0.25, -0.2) is 9.97 Å². The maximum Gasteiger partial charge on any atom is 0.180 e. The molecule has 294 valence electrons. The summed E-state index contributed by atoms with van der Waals surface area (Å²) in [6.07, 6.45) is 0. The van der Waals surface area contributed by atoms with E-state index in [9.17, 15) is 0 Å². The zero-order valence-electron chi connectivity index (χ0n) is 34.0. The highest BCUT2D eigenvalue weighted by Crippen LogP contribution is 2.42. The van der Waals surface area contributed by atoms with E-state index in [0.29, 0.717) is 11.4 Å². The van der Waals surface area contributed by atoms with Gasteiger partial charge in [0.25, 0.3) is 0 Å². The number of furan rings is 1. The maximum atomic E-state index is 6.96. The predicted molar refractivity (Wildman–Crippen MR) is 260 cm³/mol. The van der Waals surface area contributed by atoms with Crippen molar-refractivity contribution in [3.8, 4) is 56.3 Å². The van der Waals surface area contributed by atoms with E-state index in [-0.39, 0.29) is 0 Å². The van der Waals surface area contributed by atoms with Crippen LogP contribution in [0.5, 0.6) is 0 Å². The van der Waals surface area contributed by atoms with Crippen molar-refractivity contribution in [1.29, 1.82) is 0 Å². The van der Waals surface area contributed by atoms with Crippen molar-refractivity contribution in [3.05, 3.63) is 218 Å². The molecule has 4 heterocycles. The molecule has 13 rings (SSSR count). The molecule has 0 aliphatic rings. The number of rotatable bonds is 6. The summed E-state index contributed by atoms with van der Waals surface area (Å²) in [7, 11) is 0. The fourth-order valence-electron chi connectivity index (χ4n) is 9.65. The van der Waals surface area contributed by atoms with Crippen LogP contribution in [0.3, 0.4) is 0 Å². The first-order chi connectivity index (χ1) is 31.2. The van der Waals surface area contributed by atoms with E-state index in [2.05, 4.69) is 209 Å². The molecule has 0 aliphatic heterocycles. The lowest BCUT2D eigenvalue weighted by molar-refractivity contribution is 0.668. The summed E-state index contributed by atoms with van der Waals surface area (Å²) in [6.45, 7) is 0. The van der Waals surface area contributed by atoms with Gasteiger partial charge in [0.1, 0.15) is 16.8 Å². The van der Waals surface area contributed by atoms with Gasteiger partial charge in [-0.05, 0) is 95.6 Å². The Balaban J connectivity index is 0.965. The topological polar surface area (TPSA) is 48.8 Å². The third kappa shape index (κ3) is 5.57. The number of hydrogen-bond donors (Lipinski definition) is 0. The fourth-order valence-corrected chi connectivity index (χ4v) is 9.65. The number of nitrogens with zero attached hydrogens (tertiary/aromatic N) is 4. The van der Waals surface area contributed by atoms with Gasteiger partial charge in [0.15, 0.2) is 11.4 Å². The molecule has 9 aromatic carbocycles. The minimum Gasteiger partial charge on any atom is -0.451 e. The van der Waals surface area contributed by atoms with Crippen molar-refractivity contribution in [2.45, 2.75) is 0 Å². The van der Waals surface area contributed by atoms with Crippen LogP contribution in [0.4, 0.5) is 0 Å². The monoisotopic (exact) mass is 804 g/mol. The summed E-state index contributed by atoms with van der Waals surface area (Å²) in [5.41, 5.74) is 16.2. The van der Waals surface area contributed by atoms with Gasteiger partial charge >= 0.3 is 0 Å². The molecule has 63 heavy (non-hydrogen) atoms. The first kappa shape index (κ1) is 35.2. The van der Waals surface area contributed by atoms with Crippen LogP contribution in [0, 0.1) is 0 Å². The van der Waals surface area contributed by atoms with Crippen molar-refractivity contribution < 1.29 is 4.42 Å². The molecule has 0 N–H and O–H groups in total. The van der Waals surface area contributed by atoms with Gasteiger partial charge in [-0.1, -0.05) is 140 Å². The average molecular weight is 805 g/mol. The molecule has 0 radical (unpaired) electrons. The highest BCUT2D eigenvalue weighted by molar-refractivity contribution is 6.13. The van der Waals surface area contributed by atoms with Gasteiger partial charge in [-0.2, -0.15) is 0 Å². The smallest absolute Gasteiger partial charge is 0.180 e. The Kier molecular flexibility index (Phi) is 7.84. The predicted octanol–water partition coefficient (Wildman–Crippen LogP) is 15.2. The van der Waals surface area contributed by atoms with Crippen LogP contribution in [-0.2, 0) is 0 Å². The molecule has 0 spiro atoms. The molecule has 5 nitrogen and oxygen atoms in total. The summed E-state index contributed by atoms with van der Waals surface area (Å²) in [5, 5.41) is 5.74. The second kappa shape index (κ2) is 14.0. The van der Waals surface area contributed by atoms with Crippen LogP contribution in [-0.4, -0.2) is 19.1 Å². The van der Waals surface area contributed by atoms with Crippen molar-refractivity contribution in [2.24, 2.45) is 0 Å². The lowest BCUT2D eigenvalue weighted by Crippen LogP contribution is -1.95. The van der Waals surface area contributed by atoms with Gasteiger partial charge in [-0.15, -0.1) is 0 Å². The first-order valence-corrected chi connectivity index (χ1v) is 21.3. The second-order valence-electron chi connectivity index (χ2n) is 16.1. The number of aromatic nitrogens is 4. The Morgan fingerprint density at radius 1 is 0.317 bits per heavy atom. The summed E-state index contributed by atoms with van der Waals surface area (Å²) in [5.74, 6) is 0.652. The number of hydrogen-bond acceptors (Lipinski definition) is 3. The normalized spacial score (nSPS) is 11.8. The number of benzene rings is 9. The molecule has 0 bridgehead atoms. The van der Waals surface area contributed by atoms with Crippen LogP contribution in [0.15, 0.2) is 223 Å². The third-order valence-electron chi connectivity index (χ3n) is 12.5. The third-order valence-corrected chi connectivity index (χ3v) is 12.5. The van der Waals surface area contributed by atoms with E-state index < -0.39 is 0 Å². The van der Waals surface area contributed by atoms with Crippen molar-refractivity contribution in [2.75, 3.05) is 0 Å². The summed E-state index contributed by atoms with van der Waals surface area (Å²) >= 11 is 0. The SMILES string of the molecule is c1ccc(-c2nc(-c3ccc4c(c3)c3ccccc3n4-c3ccccc3)nc3c2oc2c(-c4cccc(-c5ccc6c(c5)c5ccccc5n6-c5ccccc5)c4)cccc23)cc1. The summed E-state index contributed by atoms with van der Waals surface area (Å²) < 4.78 is 11.6. The van der Waals surface area contributed by atoms with Crippen molar-refractivity contribution >= 4 is 65.7 Å². The fraction of sp³-hybridized carbons (Fsp3) is 0. The van der Waals surface area contributed by atoms with E-state index in [4.69, 9.17) is 14.4 Å². The zero-order chi connectivity index (χ0) is 41.4. The van der Waals surface area contributed by atoms with Crippen LogP contribution in [0.2, 0.25) is 0 Å². The average Bonchev–Trinajstić information content (AvgIpc) is 4.02. The minimum absolute atomic E-state index is 0.652. The summed E-state index contributed by atoms with van der Waals surface area (Å²) in [4.78, 5) is 10.6. The summed E-state index contributed by atoms with van der Waals surface area (Å²) in [6, 6.07) is 77.3. The van der Waals surface area contributed by atoms with E-state index in [1.807, 2.05) is 18.2 Å².